The fraction of sp³-hybridized carbons (Fsp3) is 0.522. The van der Waals surface area contributed by atoms with Gasteiger partial charge in [-0.15, -0.1) is 0 Å². The maximum absolute atomic E-state index is 14.0. The van der Waals surface area contributed by atoms with Gasteiger partial charge in [0.25, 0.3) is 5.91 Å². The van der Waals surface area contributed by atoms with Crippen LogP contribution in [0, 0.1) is 18.7 Å². The quantitative estimate of drug-likeness (QED) is 0.754. The van der Waals surface area contributed by atoms with Crippen molar-refractivity contribution in [2.24, 2.45) is 11.7 Å². The number of hydrogen-bond acceptors (Lipinski definition) is 3. The lowest BCUT2D eigenvalue weighted by Gasteiger charge is -2.48. The van der Waals surface area contributed by atoms with E-state index in [0.29, 0.717) is 48.4 Å². The normalized spacial score (nSPS) is 22.8. The minimum Gasteiger partial charge on any atom is -0.365 e. The number of rotatable bonds is 4. The van der Waals surface area contributed by atoms with E-state index >= 15 is 0 Å². The Labute approximate surface area is 185 Å². The summed E-state index contributed by atoms with van der Waals surface area (Å²) in [5.74, 6) is -0.933. The highest BCUT2D eigenvalue weighted by atomic mass is 19.1. The molecule has 2 heterocycles. The summed E-state index contributed by atoms with van der Waals surface area (Å²) in [5.41, 5.74) is 6.16. The summed E-state index contributed by atoms with van der Waals surface area (Å²) in [7, 11) is 0. The molecule has 1 aromatic carbocycles. The number of amides is 3. The number of nitrogens with one attached hydrogen (secondary N) is 1. The fourth-order valence-electron chi connectivity index (χ4n) is 4.68. The minimum absolute atomic E-state index is 0.0614. The van der Waals surface area contributed by atoms with Crippen LogP contribution in [0.2, 0.25) is 0 Å². The standard InChI is InChI=1S/C23H29F2N5O2/c1-13-9-14(5-6-16(13)24)19-18(20(26)31)17-12-29(7-8-30(17)28-19)21(32)27-22(2,3)15-10-23(4,25)11-15/h5-6,9,15H,7-8,10-12H2,1-4H3,(H2,26,31)(H,27,32). The molecule has 2 aliphatic rings. The molecule has 3 amide bonds. The molecule has 0 bridgehead atoms. The molecule has 7 nitrogen and oxygen atoms in total. The zero-order valence-corrected chi connectivity index (χ0v) is 18.8. The van der Waals surface area contributed by atoms with Crippen LogP contribution in [0.5, 0.6) is 0 Å². The van der Waals surface area contributed by atoms with Gasteiger partial charge in [-0.25, -0.2) is 13.6 Å². The molecule has 32 heavy (non-hydrogen) atoms. The monoisotopic (exact) mass is 445 g/mol. The van der Waals surface area contributed by atoms with Gasteiger partial charge >= 0.3 is 6.03 Å². The fourth-order valence-corrected chi connectivity index (χ4v) is 4.68. The Bertz CT molecular complexity index is 1080. The van der Waals surface area contributed by atoms with Crippen molar-refractivity contribution >= 4 is 11.9 Å². The smallest absolute Gasteiger partial charge is 0.318 e. The van der Waals surface area contributed by atoms with Crippen LogP contribution in [0.3, 0.4) is 0 Å². The number of nitrogens with zero attached hydrogens (tertiary/aromatic N) is 3. The average Bonchev–Trinajstić information content (AvgIpc) is 3.06. The number of aromatic nitrogens is 2. The predicted molar refractivity (Wildman–Crippen MR) is 116 cm³/mol. The molecule has 1 saturated carbocycles. The van der Waals surface area contributed by atoms with Crippen molar-refractivity contribution in [1.29, 1.82) is 0 Å². The van der Waals surface area contributed by atoms with Gasteiger partial charge in [0.2, 0.25) is 0 Å². The molecule has 3 N–H and O–H groups in total. The van der Waals surface area contributed by atoms with E-state index in [9.17, 15) is 18.4 Å². The summed E-state index contributed by atoms with van der Waals surface area (Å²) in [6.45, 7) is 8.00. The molecule has 0 unspecified atom stereocenters. The van der Waals surface area contributed by atoms with Crippen LogP contribution in [0.15, 0.2) is 18.2 Å². The largest absolute Gasteiger partial charge is 0.365 e. The van der Waals surface area contributed by atoms with E-state index in [0.717, 1.165) is 0 Å². The number of urea groups is 1. The van der Waals surface area contributed by atoms with Crippen LogP contribution in [0.25, 0.3) is 11.3 Å². The number of hydrogen-bond donors (Lipinski definition) is 2. The number of alkyl halides is 1. The van der Waals surface area contributed by atoms with Gasteiger partial charge in [0.1, 0.15) is 17.2 Å². The Balaban J connectivity index is 1.57. The van der Waals surface area contributed by atoms with Crippen LogP contribution in [-0.2, 0) is 13.1 Å². The van der Waals surface area contributed by atoms with Gasteiger partial charge in [0.05, 0.1) is 24.3 Å². The highest BCUT2D eigenvalue weighted by Crippen LogP contribution is 2.46. The highest BCUT2D eigenvalue weighted by Gasteiger charge is 2.48. The zero-order valence-electron chi connectivity index (χ0n) is 18.8. The van der Waals surface area contributed by atoms with Crippen molar-refractivity contribution in [2.45, 2.75) is 64.8 Å². The maximum Gasteiger partial charge on any atom is 0.318 e. The van der Waals surface area contributed by atoms with Gasteiger partial charge in [0, 0.05) is 17.6 Å². The number of carbonyl (C=O) groups excluding carboxylic acids is 2. The number of primary amides is 1. The highest BCUT2D eigenvalue weighted by molar-refractivity contribution is 6.00. The van der Waals surface area contributed by atoms with Crippen molar-refractivity contribution in [3.05, 3.63) is 40.8 Å². The van der Waals surface area contributed by atoms with E-state index in [1.165, 1.54) is 6.07 Å². The van der Waals surface area contributed by atoms with E-state index in [-0.39, 0.29) is 29.9 Å². The number of fused-ring (bicyclic) bond motifs is 1. The molecular weight excluding hydrogens is 416 g/mol. The summed E-state index contributed by atoms with van der Waals surface area (Å²) in [6, 6.07) is 4.25. The van der Waals surface area contributed by atoms with E-state index in [1.54, 1.807) is 35.6 Å². The zero-order chi connectivity index (χ0) is 23.4. The van der Waals surface area contributed by atoms with E-state index < -0.39 is 17.1 Å². The molecule has 0 spiro atoms. The Morgan fingerprint density at radius 1 is 1.28 bits per heavy atom. The van der Waals surface area contributed by atoms with Crippen LogP contribution < -0.4 is 11.1 Å². The third-order valence-corrected chi connectivity index (χ3v) is 6.74. The van der Waals surface area contributed by atoms with Gasteiger partial charge in [0.15, 0.2) is 0 Å². The molecule has 1 fully saturated rings. The summed E-state index contributed by atoms with van der Waals surface area (Å²) in [5, 5.41) is 7.57. The predicted octanol–water partition coefficient (Wildman–Crippen LogP) is 3.54. The van der Waals surface area contributed by atoms with Crippen LogP contribution in [-0.4, -0.2) is 44.4 Å². The SMILES string of the molecule is Cc1cc(-c2nn3c(c2C(N)=O)CN(C(=O)NC(C)(C)C2CC(C)(F)C2)CC3)ccc1F. The Hall–Kier alpha value is -2.97. The van der Waals surface area contributed by atoms with Gasteiger partial charge in [-0.3, -0.25) is 9.48 Å². The number of halogens is 2. The lowest BCUT2D eigenvalue weighted by molar-refractivity contribution is -0.0152. The Morgan fingerprint density at radius 2 is 1.97 bits per heavy atom. The molecular formula is C23H29F2N5O2. The van der Waals surface area contributed by atoms with E-state index in [4.69, 9.17) is 5.73 Å². The summed E-state index contributed by atoms with van der Waals surface area (Å²) >= 11 is 0. The van der Waals surface area contributed by atoms with Crippen molar-refractivity contribution in [2.75, 3.05) is 6.54 Å². The number of aryl methyl sites for hydroxylation is 1. The van der Waals surface area contributed by atoms with Gasteiger partial charge in [-0.05, 0) is 70.2 Å². The molecule has 2 aromatic rings. The van der Waals surface area contributed by atoms with Crippen molar-refractivity contribution < 1.29 is 18.4 Å². The molecule has 9 heteroatoms. The number of nitrogens with two attached hydrogens (primary N) is 1. The Kier molecular flexibility index (Phi) is 5.26. The first-order valence-electron chi connectivity index (χ1n) is 10.8. The maximum atomic E-state index is 14.0. The third kappa shape index (κ3) is 3.96. The Morgan fingerprint density at radius 3 is 2.56 bits per heavy atom. The molecule has 1 aromatic heterocycles. The van der Waals surface area contributed by atoms with Crippen molar-refractivity contribution in [3.8, 4) is 11.3 Å². The van der Waals surface area contributed by atoms with Gasteiger partial charge in [-0.1, -0.05) is 0 Å². The lowest BCUT2D eigenvalue weighted by atomic mass is 9.65. The molecule has 0 saturated heterocycles. The van der Waals surface area contributed by atoms with Crippen LogP contribution >= 0.6 is 0 Å². The number of carbonyl (C=O) groups is 2. The molecule has 1 aliphatic carbocycles. The summed E-state index contributed by atoms with van der Waals surface area (Å²) in [6.07, 6.45) is 0.832. The first-order chi connectivity index (χ1) is 14.9. The number of benzene rings is 1. The summed E-state index contributed by atoms with van der Waals surface area (Å²) in [4.78, 5) is 26.9. The minimum atomic E-state index is -1.17. The lowest BCUT2D eigenvalue weighted by Crippen LogP contribution is -2.59. The first kappa shape index (κ1) is 22.2. The second kappa shape index (κ2) is 7.56. The molecule has 172 valence electrons. The second-order valence-electron chi connectivity index (χ2n) is 9.81. The summed E-state index contributed by atoms with van der Waals surface area (Å²) < 4.78 is 29.4. The molecule has 1 aliphatic heterocycles. The van der Waals surface area contributed by atoms with Gasteiger partial charge in [-0.2, -0.15) is 5.10 Å². The molecule has 0 atom stereocenters. The van der Waals surface area contributed by atoms with E-state index in [1.807, 2.05) is 13.8 Å². The van der Waals surface area contributed by atoms with Crippen molar-refractivity contribution in [3.63, 3.8) is 0 Å². The third-order valence-electron chi connectivity index (χ3n) is 6.74. The van der Waals surface area contributed by atoms with Crippen LogP contribution in [0.1, 0.15) is 55.2 Å². The molecule has 4 rings (SSSR count). The average molecular weight is 446 g/mol. The van der Waals surface area contributed by atoms with Crippen molar-refractivity contribution in [1.82, 2.24) is 20.0 Å². The van der Waals surface area contributed by atoms with Gasteiger partial charge < -0.3 is 16.0 Å². The molecule has 0 radical (unpaired) electrons. The topological polar surface area (TPSA) is 93.2 Å². The van der Waals surface area contributed by atoms with Crippen LogP contribution in [0.4, 0.5) is 13.6 Å². The van der Waals surface area contributed by atoms with E-state index in [2.05, 4.69) is 10.4 Å². The first-order valence-corrected chi connectivity index (χ1v) is 10.8. The second-order valence-corrected chi connectivity index (χ2v) is 9.81.